The average molecular weight is 240 g/mol. The highest BCUT2D eigenvalue weighted by Gasteiger charge is 2.32. The standard InChI is InChI=1S/C10H19F3N2O/c1-3-8(6-14)5-9(16)15(4-2)7-10(11,12)13/h8H,3-7,14H2,1-2H3. The molecule has 0 aliphatic heterocycles. The van der Waals surface area contributed by atoms with E-state index in [4.69, 9.17) is 5.73 Å². The number of amides is 1. The van der Waals surface area contributed by atoms with Crippen molar-refractivity contribution in [2.45, 2.75) is 32.9 Å². The normalized spacial score (nSPS) is 13.6. The highest BCUT2D eigenvalue weighted by atomic mass is 19.4. The summed E-state index contributed by atoms with van der Waals surface area (Å²) in [6, 6.07) is 0. The molecule has 0 spiro atoms. The molecule has 3 nitrogen and oxygen atoms in total. The quantitative estimate of drug-likeness (QED) is 0.769. The molecule has 0 rings (SSSR count). The molecular weight excluding hydrogens is 221 g/mol. The first-order chi connectivity index (χ1) is 7.34. The Labute approximate surface area is 93.8 Å². The molecule has 6 heteroatoms. The topological polar surface area (TPSA) is 46.3 Å². The minimum Gasteiger partial charge on any atom is -0.334 e. The third-order valence-electron chi connectivity index (χ3n) is 2.48. The van der Waals surface area contributed by atoms with E-state index < -0.39 is 18.6 Å². The molecule has 1 unspecified atom stereocenters. The van der Waals surface area contributed by atoms with Crippen molar-refractivity contribution in [2.24, 2.45) is 11.7 Å². The first-order valence-corrected chi connectivity index (χ1v) is 5.38. The van der Waals surface area contributed by atoms with E-state index in [1.807, 2.05) is 6.92 Å². The maximum Gasteiger partial charge on any atom is 0.406 e. The smallest absolute Gasteiger partial charge is 0.334 e. The third kappa shape index (κ3) is 5.95. The van der Waals surface area contributed by atoms with Gasteiger partial charge in [0.2, 0.25) is 5.91 Å². The van der Waals surface area contributed by atoms with Gasteiger partial charge in [0.25, 0.3) is 0 Å². The van der Waals surface area contributed by atoms with Crippen LogP contribution in [-0.4, -0.2) is 36.6 Å². The molecule has 96 valence electrons. The third-order valence-corrected chi connectivity index (χ3v) is 2.48. The zero-order valence-corrected chi connectivity index (χ0v) is 9.68. The molecule has 0 radical (unpaired) electrons. The fourth-order valence-electron chi connectivity index (χ4n) is 1.36. The van der Waals surface area contributed by atoms with Crippen molar-refractivity contribution < 1.29 is 18.0 Å². The molecule has 0 aromatic heterocycles. The van der Waals surface area contributed by atoms with Crippen LogP contribution in [-0.2, 0) is 4.79 Å². The van der Waals surface area contributed by atoms with Crippen LogP contribution in [0.15, 0.2) is 0 Å². The molecule has 0 heterocycles. The Morgan fingerprint density at radius 1 is 1.38 bits per heavy atom. The van der Waals surface area contributed by atoms with Crippen LogP contribution >= 0.6 is 0 Å². The minimum absolute atomic E-state index is 0.0326. The Kier molecular flexibility index (Phi) is 6.40. The van der Waals surface area contributed by atoms with Gasteiger partial charge in [0.05, 0.1) is 0 Å². The van der Waals surface area contributed by atoms with Crippen LogP contribution in [0.25, 0.3) is 0 Å². The summed E-state index contributed by atoms with van der Waals surface area (Å²) in [5.41, 5.74) is 5.41. The molecule has 0 saturated carbocycles. The Balaban J connectivity index is 4.31. The summed E-state index contributed by atoms with van der Waals surface area (Å²) < 4.78 is 36.4. The van der Waals surface area contributed by atoms with Gasteiger partial charge in [-0.1, -0.05) is 13.3 Å². The fourth-order valence-corrected chi connectivity index (χ4v) is 1.36. The Bertz CT molecular complexity index is 215. The van der Waals surface area contributed by atoms with Crippen molar-refractivity contribution in [2.75, 3.05) is 19.6 Å². The first-order valence-electron chi connectivity index (χ1n) is 5.38. The molecule has 0 aliphatic rings. The summed E-state index contributed by atoms with van der Waals surface area (Å²) in [6.45, 7) is 2.62. The van der Waals surface area contributed by atoms with Crippen molar-refractivity contribution in [1.29, 1.82) is 0 Å². The zero-order valence-electron chi connectivity index (χ0n) is 9.68. The van der Waals surface area contributed by atoms with E-state index in [0.29, 0.717) is 13.0 Å². The monoisotopic (exact) mass is 240 g/mol. The van der Waals surface area contributed by atoms with Gasteiger partial charge < -0.3 is 10.6 Å². The predicted octanol–water partition coefficient (Wildman–Crippen LogP) is 1.77. The molecule has 0 saturated heterocycles. The largest absolute Gasteiger partial charge is 0.406 e. The number of alkyl halides is 3. The van der Waals surface area contributed by atoms with Crippen LogP contribution in [0.4, 0.5) is 13.2 Å². The van der Waals surface area contributed by atoms with Gasteiger partial charge >= 0.3 is 6.18 Å². The van der Waals surface area contributed by atoms with Crippen molar-refractivity contribution in [3.05, 3.63) is 0 Å². The molecule has 0 aromatic carbocycles. The Morgan fingerprint density at radius 2 is 1.94 bits per heavy atom. The zero-order chi connectivity index (χ0) is 12.8. The second-order valence-corrected chi connectivity index (χ2v) is 3.74. The maximum absolute atomic E-state index is 12.1. The number of halogens is 3. The van der Waals surface area contributed by atoms with E-state index in [1.165, 1.54) is 6.92 Å². The maximum atomic E-state index is 12.1. The van der Waals surface area contributed by atoms with Gasteiger partial charge in [-0.15, -0.1) is 0 Å². The lowest BCUT2D eigenvalue weighted by Crippen LogP contribution is -2.40. The fraction of sp³-hybridized carbons (Fsp3) is 0.900. The first kappa shape index (κ1) is 15.2. The summed E-state index contributed by atoms with van der Waals surface area (Å²) in [4.78, 5) is 12.4. The summed E-state index contributed by atoms with van der Waals surface area (Å²) in [7, 11) is 0. The summed E-state index contributed by atoms with van der Waals surface area (Å²) in [6.07, 6.45) is -3.54. The van der Waals surface area contributed by atoms with Gasteiger partial charge in [-0.25, -0.2) is 0 Å². The van der Waals surface area contributed by atoms with Gasteiger partial charge in [0.15, 0.2) is 0 Å². The number of hydrogen-bond donors (Lipinski definition) is 1. The molecule has 0 bridgehead atoms. The number of hydrogen-bond acceptors (Lipinski definition) is 2. The summed E-state index contributed by atoms with van der Waals surface area (Å²) in [5, 5.41) is 0. The lowest BCUT2D eigenvalue weighted by atomic mass is 10.0. The SMILES string of the molecule is CCC(CN)CC(=O)N(CC)CC(F)(F)F. The van der Waals surface area contributed by atoms with Crippen LogP contribution in [0.3, 0.4) is 0 Å². The number of rotatable bonds is 6. The van der Waals surface area contributed by atoms with E-state index in [2.05, 4.69) is 0 Å². The van der Waals surface area contributed by atoms with Crippen LogP contribution in [0.1, 0.15) is 26.7 Å². The molecule has 0 aliphatic carbocycles. The highest BCUT2D eigenvalue weighted by molar-refractivity contribution is 5.76. The van der Waals surface area contributed by atoms with Gasteiger partial charge in [-0.3, -0.25) is 4.79 Å². The number of carbonyl (C=O) groups is 1. The lowest BCUT2D eigenvalue weighted by molar-refractivity contribution is -0.161. The molecule has 0 aromatic rings. The highest BCUT2D eigenvalue weighted by Crippen LogP contribution is 2.18. The molecule has 0 fully saturated rings. The van der Waals surface area contributed by atoms with E-state index >= 15 is 0 Å². The predicted molar refractivity (Wildman–Crippen MR) is 55.8 cm³/mol. The van der Waals surface area contributed by atoms with Crippen LogP contribution in [0.2, 0.25) is 0 Å². The van der Waals surface area contributed by atoms with E-state index in [1.54, 1.807) is 0 Å². The van der Waals surface area contributed by atoms with Gasteiger partial charge in [-0.05, 0) is 19.4 Å². The number of carbonyl (C=O) groups excluding carboxylic acids is 1. The Morgan fingerprint density at radius 3 is 2.25 bits per heavy atom. The van der Waals surface area contributed by atoms with Crippen molar-refractivity contribution in [3.8, 4) is 0 Å². The van der Waals surface area contributed by atoms with Gasteiger partial charge in [0, 0.05) is 13.0 Å². The number of nitrogens with two attached hydrogens (primary N) is 1. The second kappa shape index (κ2) is 6.73. The van der Waals surface area contributed by atoms with Crippen molar-refractivity contribution in [3.63, 3.8) is 0 Å². The molecule has 16 heavy (non-hydrogen) atoms. The van der Waals surface area contributed by atoms with E-state index in [9.17, 15) is 18.0 Å². The second-order valence-electron chi connectivity index (χ2n) is 3.74. The molecule has 2 N–H and O–H groups in total. The van der Waals surface area contributed by atoms with E-state index in [0.717, 1.165) is 4.90 Å². The summed E-state index contributed by atoms with van der Waals surface area (Å²) >= 11 is 0. The van der Waals surface area contributed by atoms with Crippen LogP contribution < -0.4 is 5.73 Å². The summed E-state index contributed by atoms with van der Waals surface area (Å²) in [5.74, 6) is -0.507. The van der Waals surface area contributed by atoms with Crippen molar-refractivity contribution in [1.82, 2.24) is 4.90 Å². The van der Waals surface area contributed by atoms with Crippen LogP contribution in [0.5, 0.6) is 0 Å². The molecule has 1 atom stereocenters. The van der Waals surface area contributed by atoms with Gasteiger partial charge in [0.1, 0.15) is 6.54 Å². The Hall–Kier alpha value is -0.780. The van der Waals surface area contributed by atoms with Crippen molar-refractivity contribution >= 4 is 5.91 Å². The molecular formula is C10H19F3N2O. The van der Waals surface area contributed by atoms with Gasteiger partial charge in [-0.2, -0.15) is 13.2 Å². The van der Waals surface area contributed by atoms with Crippen LogP contribution in [0, 0.1) is 5.92 Å². The molecule has 1 amide bonds. The average Bonchev–Trinajstić information content (AvgIpc) is 2.20. The van der Waals surface area contributed by atoms with E-state index in [-0.39, 0.29) is 18.9 Å². The lowest BCUT2D eigenvalue weighted by Gasteiger charge is -2.24. The minimum atomic E-state index is -4.34. The number of nitrogens with zero attached hydrogens (tertiary/aromatic N) is 1.